The van der Waals surface area contributed by atoms with Gasteiger partial charge in [-0.3, -0.25) is 0 Å². The summed E-state index contributed by atoms with van der Waals surface area (Å²) in [5.74, 6) is 2.47. The van der Waals surface area contributed by atoms with Gasteiger partial charge < -0.3 is 15.6 Å². The molecule has 0 unspecified atom stereocenters. The number of hydrogen-bond acceptors (Lipinski definition) is 3. The molecular weight excluding hydrogens is 200 g/mol. The number of nitrogens with zero attached hydrogens (tertiary/aromatic N) is 2. The number of rotatable bonds is 6. The van der Waals surface area contributed by atoms with Gasteiger partial charge in [0.15, 0.2) is 5.82 Å². The van der Waals surface area contributed by atoms with Crippen molar-refractivity contribution in [2.24, 2.45) is 0 Å². The highest BCUT2D eigenvalue weighted by Crippen LogP contribution is 2.22. The Kier molecular flexibility index (Phi) is 4.65. The molecule has 16 heavy (non-hydrogen) atoms. The number of nitrogens with one attached hydrogen (secondary N) is 1. The Balaban J connectivity index is 2.73. The van der Waals surface area contributed by atoms with Crippen LogP contribution in [0.4, 0.5) is 11.6 Å². The first-order valence-corrected chi connectivity index (χ1v) is 6.15. The van der Waals surface area contributed by atoms with Gasteiger partial charge in [-0.1, -0.05) is 19.8 Å². The van der Waals surface area contributed by atoms with Crippen LogP contribution in [0.1, 0.15) is 45.9 Å². The third-order valence-electron chi connectivity index (χ3n) is 2.73. The predicted octanol–water partition coefficient (Wildman–Crippen LogP) is 2.71. The molecule has 0 aliphatic carbocycles. The number of hydrogen-bond donors (Lipinski definition) is 2. The van der Waals surface area contributed by atoms with Crippen LogP contribution >= 0.6 is 0 Å². The van der Waals surface area contributed by atoms with E-state index in [0.29, 0.717) is 11.9 Å². The standard InChI is InChI=1S/C12H24N4/c1-5-6-7-8-16(9(2)3)12-11(13)14-10(4)15-12/h9H,5-8,13H2,1-4H3,(H,14,15). The van der Waals surface area contributed by atoms with Gasteiger partial charge in [0.2, 0.25) is 0 Å². The largest absolute Gasteiger partial charge is 0.382 e. The van der Waals surface area contributed by atoms with Gasteiger partial charge >= 0.3 is 0 Å². The summed E-state index contributed by atoms with van der Waals surface area (Å²) < 4.78 is 0. The molecule has 1 rings (SSSR count). The van der Waals surface area contributed by atoms with E-state index < -0.39 is 0 Å². The molecule has 92 valence electrons. The normalized spacial score (nSPS) is 11.1. The highest BCUT2D eigenvalue weighted by Gasteiger charge is 2.16. The number of aromatic amines is 1. The molecule has 4 heteroatoms. The van der Waals surface area contributed by atoms with E-state index in [1.54, 1.807) is 0 Å². The van der Waals surface area contributed by atoms with Gasteiger partial charge in [0.25, 0.3) is 0 Å². The molecule has 0 amide bonds. The third-order valence-corrected chi connectivity index (χ3v) is 2.73. The predicted molar refractivity (Wildman–Crippen MR) is 69.7 cm³/mol. The van der Waals surface area contributed by atoms with Crippen molar-refractivity contribution in [3.63, 3.8) is 0 Å². The molecule has 0 atom stereocenters. The molecule has 1 aromatic heterocycles. The first kappa shape index (κ1) is 12.9. The van der Waals surface area contributed by atoms with Crippen LogP contribution in [0.2, 0.25) is 0 Å². The molecule has 0 fully saturated rings. The van der Waals surface area contributed by atoms with E-state index in [0.717, 1.165) is 18.2 Å². The highest BCUT2D eigenvalue weighted by atomic mass is 15.2. The first-order chi connectivity index (χ1) is 7.56. The van der Waals surface area contributed by atoms with Gasteiger partial charge in [-0.2, -0.15) is 0 Å². The maximum Gasteiger partial charge on any atom is 0.171 e. The minimum Gasteiger partial charge on any atom is -0.382 e. The van der Waals surface area contributed by atoms with E-state index in [1.165, 1.54) is 19.3 Å². The van der Waals surface area contributed by atoms with Gasteiger partial charge in [0.1, 0.15) is 11.6 Å². The lowest BCUT2D eigenvalue weighted by atomic mass is 10.2. The number of H-pyrrole nitrogens is 1. The molecule has 0 aromatic carbocycles. The van der Waals surface area contributed by atoms with Crippen LogP contribution in [0.3, 0.4) is 0 Å². The summed E-state index contributed by atoms with van der Waals surface area (Å²) in [7, 11) is 0. The SMILES string of the molecule is CCCCCN(c1nc(C)[nH]c1N)C(C)C. The molecular formula is C12H24N4. The summed E-state index contributed by atoms with van der Waals surface area (Å²) in [6.07, 6.45) is 3.69. The van der Waals surface area contributed by atoms with Crippen molar-refractivity contribution in [3.05, 3.63) is 5.82 Å². The number of unbranched alkanes of at least 4 members (excludes halogenated alkanes) is 2. The highest BCUT2D eigenvalue weighted by molar-refractivity contribution is 5.59. The van der Waals surface area contributed by atoms with Gasteiger partial charge in [-0.25, -0.2) is 4.98 Å². The van der Waals surface area contributed by atoms with Crippen LogP contribution in [0.25, 0.3) is 0 Å². The van der Waals surface area contributed by atoms with Crippen LogP contribution in [-0.4, -0.2) is 22.6 Å². The maximum absolute atomic E-state index is 5.92. The van der Waals surface area contributed by atoms with Crippen LogP contribution in [0.15, 0.2) is 0 Å². The van der Waals surface area contributed by atoms with E-state index in [1.807, 2.05) is 6.92 Å². The molecule has 0 radical (unpaired) electrons. The summed E-state index contributed by atoms with van der Waals surface area (Å²) in [4.78, 5) is 9.79. The Bertz CT molecular complexity index is 317. The van der Waals surface area contributed by atoms with Crippen molar-refractivity contribution in [2.45, 2.75) is 53.0 Å². The van der Waals surface area contributed by atoms with Crippen molar-refractivity contribution in [1.82, 2.24) is 9.97 Å². The van der Waals surface area contributed by atoms with Crippen molar-refractivity contribution in [3.8, 4) is 0 Å². The number of aromatic nitrogens is 2. The quantitative estimate of drug-likeness (QED) is 0.730. The molecule has 0 aliphatic rings. The van der Waals surface area contributed by atoms with Crippen molar-refractivity contribution in [1.29, 1.82) is 0 Å². The zero-order chi connectivity index (χ0) is 12.1. The topological polar surface area (TPSA) is 57.9 Å². The van der Waals surface area contributed by atoms with Crippen molar-refractivity contribution >= 4 is 11.6 Å². The van der Waals surface area contributed by atoms with E-state index in [2.05, 4.69) is 35.6 Å². The molecule has 3 N–H and O–H groups in total. The van der Waals surface area contributed by atoms with Crippen molar-refractivity contribution in [2.75, 3.05) is 17.2 Å². The van der Waals surface area contributed by atoms with Crippen LogP contribution in [0.5, 0.6) is 0 Å². The number of nitrogens with two attached hydrogens (primary N) is 1. The van der Waals surface area contributed by atoms with E-state index in [-0.39, 0.29) is 0 Å². The van der Waals surface area contributed by atoms with E-state index >= 15 is 0 Å². The first-order valence-electron chi connectivity index (χ1n) is 6.15. The molecule has 0 aliphatic heterocycles. The second-order valence-corrected chi connectivity index (χ2v) is 4.55. The Morgan fingerprint density at radius 1 is 1.38 bits per heavy atom. The van der Waals surface area contributed by atoms with Gasteiger partial charge in [-0.05, 0) is 27.2 Å². The summed E-state index contributed by atoms with van der Waals surface area (Å²) >= 11 is 0. The van der Waals surface area contributed by atoms with Crippen LogP contribution in [-0.2, 0) is 0 Å². The fourth-order valence-corrected chi connectivity index (χ4v) is 1.86. The van der Waals surface area contributed by atoms with Crippen molar-refractivity contribution < 1.29 is 0 Å². The average molecular weight is 224 g/mol. The smallest absolute Gasteiger partial charge is 0.171 e. The fourth-order valence-electron chi connectivity index (χ4n) is 1.86. The zero-order valence-corrected chi connectivity index (χ0v) is 10.9. The minimum atomic E-state index is 0.432. The lowest BCUT2D eigenvalue weighted by Crippen LogP contribution is -2.32. The Morgan fingerprint density at radius 2 is 2.06 bits per heavy atom. The summed E-state index contributed by atoms with van der Waals surface area (Å²) in [5.41, 5.74) is 5.92. The molecule has 0 spiro atoms. The van der Waals surface area contributed by atoms with Gasteiger partial charge in [-0.15, -0.1) is 0 Å². The fraction of sp³-hybridized carbons (Fsp3) is 0.750. The van der Waals surface area contributed by atoms with Crippen LogP contribution in [0, 0.1) is 6.92 Å². The van der Waals surface area contributed by atoms with Crippen LogP contribution < -0.4 is 10.6 Å². The number of nitrogen functional groups attached to an aromatic ring is 1. The summed E-state index contributed by atoms with van der Waals surface area (Å²) in [5, 5.41) is 0. The average Bonchev–Trinajstić information content (AvgIpc) is 2.52. The summed E-state index contributed by atoms with van der Waals surface area (Å²) in [6.45, 7) is 9.53. The Labute approximate surface area is 98.2 Å². The van der Waals surface area contributed by atoms with Gasteiger partial charge in [0.05, 0.1) is 0 Å². The van der Waals surface area contributed by atoms with E-state index in [4.69, 9.17) is 5.73 Å². The maximum atomic E-state index is 5.92. The third kappa shape index (κ3) is 3.15. The molecule has 0 saturated heterocycles. The zero-order valence-electron chi connectivity index (χ0n) is 10.9. The molecule has 4 nitrogen and oxygen atoms in total. The molecule has 0 bridgehead atoms. The number of aryl methyl sites for hydroxylation is 1. The van der Waals surface area contributed by atoms with Gasteiger partial charge in [0, 0.05) is 12.6 Å². The Morgan fingerprint density at radius 3 is 2.50 bits per heavy atom. The molecule has 0 saturated carbocycles. The lowest BCUT2D eigenvalue weighted by Gasteiger charge is -2.27. The van der Waals surface area contributed by atoms with E-state index in [9.17, 15) is 0 Å². The molecule has 1 heterocycles. The molecule has 1 aromatic rings. The number of anilines is 2. The lowest BCUT2D eigenvalue weighted by molar-refractivity contribution is 0.621. The second kappa shape index (κ2) is 5.77. The Hall–Kier alpha value is -1.19. The second-order valence-electron chi connectivity index (χ2n) is 4.55. The monoisotopic (exact) mass is 224 g/mol. The number of imidazole rings is 1. The minimum absolute atomic E-state index is 0.432. The summed E-state index contributed by atoms with van der Waals surface area (Å²) in [6, 6.07) is 0.432.